The van der Waals surface area contributed by atoms with Crippen LogP contribution in [0.3, 0.4) is 0 Å². The van der Waals surface area contributed by atoms with Crippen LogP contribution in [0.15, 0.2) is 42.1 Å². The summed E-state index contributed by atoms with van der Waals surface area (Å²) in [6.45, 7) is 0. The molecule has 0 atom stereocenters. The summed E-state index contributed by atoms with van der Waals surface area (Å²) in [5.41, 5.74) is 6.02. The summed E-state index contributed by atoms with van der Waals surface area (Å²) in [4.78, 5) is 45.1. The first-order valence-corrected chi connectivity index (χ1v) is 6.22. The van der Waals surface area contributed by atoms with Crippen molar-refractivity contribution in [2.24, 2.45) is 0 Å². The van der Waals surface area contributed by atoms with Crippen LogP contribution in [0.1, 0.15) is 12.8 Å². The number of anilines is 1. The molecule has 21 heavy (non-hydrogen) atoms. The summed E-state index contributed by atoms with van der Waals surface area (Å²) < 4.78 is 0. The van der Waals surface area contributed by atoms with Gasteiger partial charge in [0.1, 0.15) is 5.70 Å². The van der Waals surface area contributed by atoms with Crippen molar-refractivity contribution in [1.82, 2.24) is 10.2 Å². The van der Waals surface area contributed by atoms with Gasteiger partial charge >= 0.3 is 0 Å². The Hall–Kier alpha value is -2.96. The number of para-hydroxylation sites is 1. The molecule has 2 aliphatic rings. The average molecular weight is 287 g/mol. The lowest BCUT2D eigenvalue weighted by Gasteiger charge is -2.11. The lowest BCUT2D eigenvalue weighted by Crippen LogP contribution is -2.34. The maximum atomic E-state index is 11.2. The van der Waals surface area contributed by atoms with Gasteiger partial charge in [0.25, 0.3) is 11.8 Å². The van der Waals surface area contributed by atoms with Gasteiger partial charge in [-0.1, -0.05) is 18.2 Å². The van der Waals surface area contributed by atoms with Crippen LogP contribution >= 0.6 is 0 Å². The number of hydrogen-bond acceptors (Lipinski definition) is 5. The van der Waals surface area contributed by atoms with Crippen LogP contribution in [-0.2, 0) is 19.2 Å². The number of nitrogens with zero attached hydrogens (tertiary/aromatic N) is 1. The van der Waals surface area contributed by atoms with Crippen LogP contribution in [0.5, 0.6) is 0 Å². The predicted molar refractivity (Wildman–Crippen MR) is 73.2 cm³/mol. The van der Waals surface area contributed by atoms with Crippen molar-refractivity contribution >= 4 is 29.3 Å². The van der Waals surface area contributed by atoms with Gasteiger partial charge in [-0.25, -0.2) is 4.90 Å². The van der Waals surface area contributed by atoms with Crippen molar-refractivity contribution in [3.05, 3.63) is 42.1 Å². The summed E-state index contributed by atoms with van der Waals surface area (Å²) in [6.07, 6.45) is 1.15. The van der Waals surface area contributed by atoms with E-state index in [1.165, 1.54) is 0 Å². The molecule has 1 fully saturated rings. The van der Waals surface area contributed by atoms with Crippen molar-refractivity contribution in [2.75, 3.05) is 5.73 Å². The van der Waals surface area contributed by atoms with Gasteiger partial charge in [-0.3, -0.25) is 24.5 Å². The first-order valence-electron chi connectivity index (χ1n) is 6.22. The van der Waals surface area contributed by atoms with Crippen LogP contribution in [0.25, 0.3) is 0 Å². The number of amides is 4. The summed E-state index contributed by atoms with van der Waals surface area (Å²) in [7, 11) is 0. The van der Waals surface area contributed by atoms with E-state index in [1.807, 2.05) is 35.6 Å². The summed E-state index contributed by atoms with van der Waals surface area (Å²) >= 11 is 0. The highest BCUT2D eigenvalue weighted by Crippen LogP contribution is 2.19. The van der Waals surface area contributed by atoms with Gasteiger partial charge < -0.3 is 5.73 Å². The molecule has 0 radical (unpaired) electrons. The quantitative estimate of drug-likeness (QED) is 0.555. The number of hydrogen-bond donors (Lipinski definition) is 2. The van der Waals surface area contributed by atoms with Gasteiger partial charge in [0.15, 0.2) is 0 Å². The summed E-state index contributed by atoms with van der Waals surface area (Å²) in [6, 6.07) is 9.49. The normalized spacial score (nSPS) is 17.3. The fraction of sp³-hybridized carbons (Fsp3) is 0.143. The summed E-state index contributed by atoms with van der Waals surface area (Å²) in [5, 5.41) is 1.97. The number of carbonyl (C=O) groups excluding carboxylic acids is 4. The molecule has 0 bridgehead atoms. The minimum absolute atomic E-state index is 0.0949. The second kappa shape index (κ2) is 6.00. The monoisotopic (exact) mass is 287 g/mol. The van der Waals surface area contributed by atoms with E-state index in [4.69, 9.17) is 5.73 Å². The van der Waals surface area contributed by atoms with Gasteiger partial charge in [-0.15, -0.1) is 0 Å². The molecule has 3 N–H and O–H groups in total. The van der Waals surface area contributed by atoms with Crippen molar-refractivity contribution in [1.29, 1.82) is 0 Å². The van der Waals surface area contributed by atoms with Crippen LogP contribution < -0.4 is 11.1 Å². The molecular formula is C14H13N3O4. The molecule has 3 rings (SSSR count). The topological polar surface area (TPSA) is 110 Å². The maximum absolute atomic E-state index is 11.2. The Morgan fingerprint density at radius 2 is 1.52 bits per heavy atom. The highest BCUT2D eigenvalue weighted by Gasteiger charge is 2.37. The molecule has 0 spiro atoms. The number of nitrogens with two attached hydrogens (primary N) is 1. The second-order valence-corrected chi connectivity index (χ2v) is 4.38. The van der Waals surface area contributed by atoms with Crippen LogP contribution in [0.4, 0.5) is 5.69 Å². The van der Waals surface area contributed by atoms with E-state index in [0.29, 0.717) is 0 Å². The number of nitrogens with one attached hydrogen (secondary N) is 1. The highest BCUT2D eigenvalue weighted by atomic mass is 16.2. The Morgan fingerprint density at radius 1 is 0.952 bits per heavy atom. The van der Waals surface area contributed by atoms with Crippen LogP contribution in [0.2, 0.25) is 0 Å². The van der Waals surface area contributed by atoms with Gasteiger partial charge in [-0.05, 0) is 12.1 Å². The highest BCUT2D eigenvalue weighted by molar-refractivity contribution is 6.20. The molecule has 7 heteroatoms. The molecule has 2 aliphatic heterocycles. The average Bonchev–Trinajstić information content (AvgIpc) is 2.93. The van der Waals surface area contributed by atoms with Crippen molar-refractivity contribution in [3.8, 4) is 0 Å². The minimum Gasteiger partial charge on any atom is -0.399 e. The zero-order chi connectivity index (χ0) is 15.4. The summed E-state index contributed by atoms with van der Waals surface area (Å²) in [5.74, 6) is -2.17. The molecule has 0 unspecified atom stereocenters. The van der Waals surface area contributed by atoms with E-state index in [2.05, 4.69) is 0 Å². The van der Waals surface area contributed by atoms with Gasteiger partial charge in [0, 0.05) is 24.6 Å². The molecule has 0 saturated carbocycles. The molecule has 7 nitrogen and oxygen atoms in total. The molecule has 1 aromatic rings. The maximum Gasteiger partial charge on any atom is 0.275 e. The Morgan fingerprint density at radius 3 is 1.90 bits per heavy atom. The Balaban J connectivity index is 0.000000194. The standard InChI is InChI=1S/C8H6N2O4.C6H7N/c11-5-3-4(8(14)9-5)10-6(12)1-2-7(10)13;7-6-4-2-1-3-5-6/h3H,1-2H2,(H,9,11,14);1-5H,7H2. The van der Waals surface area contributed by atoms with E-state index in [1.54, 1.807) is 0 Å². The third kappa shape index (κ3) is 3.33. The fourth-order valence-corrected chi connectivity index (χ4v) is 1.87. The molecule has 0 aromatic heterocycles. The minimum atomic E-state index is -0.696. The van der Waals surface area contributed by atoms with Crippen molar-refractivity contribution in [2.45, 2.75) is 12.8 Å². The number of imide groups is 2. The largest absolute Gasteiger partial charge is 0.399 e. The smallest absolute Gasteiger partial charge is 0.275 e. The third-order valence-corrected chi connectivity index (χ3v) is 2.83. The molecule has 108 valence electrons. The molecule has 1 saturated heterocycles. The Kier molecular flexibility index (Phi) is 4.13. The first kappa shape index (κ1) is 14.4. The Bertz CT molecular complexity index is 621. The van der Waals surface area contributed by atoms with E-state index in [-0.39, 0.29) is 18.5 Å². The van der Waals surface area contributed by atoms with Crippen LogP contribution in [0, 0.1) is 0 Å². The van der Waals surface area contributed by atoms with E-state index < -0.39 is 23.6 Å². The van der Waals surface area contributed by atoms with E-state index in [0.717, 1.165) is 16.7 Å². The zero-order valence-corrected chi connectivity index (χ0v) is 11.0. The van der Waals surface area contributed by atoms with Crippen LogP contribution in [-0.4, -0.2) is 28.5 Å². The molecular weight excluding hydrogens is 274 g/mol. The zero-order valence-electron chi connectivity index (χ0n) is 11.0. The molecule has 1 aromatic carbocycles. The molecule has 2 heterocycles. The number of carbonyl (C=O) groups is 4. The SMILES string of the molecule is Nc1ccccc1.O=C1C=C(N2C(=O)CCC2=O)C(=O)N1. The number of nitrogen functional groups attached to an aromatic ring is 1. The van der Waals surface area contributed by atoms with E-state index in [9.17, 15) is 19.2 Å². The molecule has 0 aliphatic carbocycles. The van der Waals surface area contributed by atoms with Gasteiger partial charge in [0.2, 0.25) is 11.8 Å². The van der Waals surface area contributed by atoms with Gasteiger partial charge in [0.05, 0.1) is 0 Å². The Labute approximate surface area is 120 Å². The number of rotatable bonds is 1. The van der Waals surface area contributed by atoms with Crippen molar-refractivity contribution in [3.63, 3.8) is 0 Å². The molecule has 4 amide bonds. The van der Waals surface area contributed by atoms with Gasteiger partial charge in [-0.2, -0.15) is 0 Å². The first-order chi connectivity index (χ1) is 9.99. The predicted octanol–water partition coefficient (Wildman–Crippen LogP) is -0.0555. The van der Waals surface area contributed by atoms with Crippen molar-refractivity contribution < 1.29 is 19.2 Å². The third-order valence-electron chi connectivity index (χ3n) is 2.83. The lowest BCUT2D eigenvalue weighted by atomic mass is 10.3. The second-order valence-electron chi connectivity index (χ2n) is 4.38. The fourth-order valence-electron chi connectivity index (χ4n) is 1.87. The lowest BCUT2D eigenvalue weighted by molar-refractivity contribution is -0.138. The number of likely N-dealkylation sites (tertiary alicyclic amines) is 1. The van der Waals surface area contributed by atoms with E-state index >= 15 is 0 Å². The number of benzene rings is 1.